The van der Waals surface area contributed by atoms with Gasteiger partial charge in [-0.3, -0.25) is 0 Å². The van der Waals surface area contributed by atoms with E-state index in [1.807, 2.05) is 23.1 Å². The van der Waals surface area contributed by atoms with Gasteiger partial charge in [-0.2, -0.15) is 0 Å². The number of nitrogens with one attached hydrogen (secondary N) is 1. The lowest BCUT2D eigenvalue weighted by atomic mass is 9.99. The Morgan fingerprint density at radius 3 is 2.17 bits per heavy atom. The summed E-state index contributed by atoms with van der Waals surface area (Å²) in [7, 11) is 0. The number of carbonyl (C=O) groups excluding carboxylic acids is 1. The lowest BCUT2D eigenvalue weighted by Gasteiger charge is -2.35. The van der Waals surface area contributed by atoms with E-state index in [0.717, 1.165) is 43.7 Å². The molecule has 0 saturated carbocycles. The van der Waals surface area contributed by atoms with E-state index < -0.39 is 0 Å². The Morgan fingerprint density at radius 1 is 0.966 bits per heavy atom. The van der Waals surface area contributed by atoms with Gasteiger partial charge in [0.05, 0.1) is 0 Å². The standard InChI is InChI=1S/C21H27ClN6O/c1-16-7-9-26(10-8-16)19-5-6-20(25-24-19)27-11-13-28(14-12-27)21(29)23-18-4-2-3-17(22)15-18/h2-6,15-16H,7-14H2,1H3,(H,23,29). The SMILES string of the molecule is CC1CCN(c2ccc(N3CCN(C(=O)Nc4cccc(Cl)c4)CC3)nn2)CC1. The molecule has 2 aliphatic rings. The maximum absolute atomic E-state index is 12.5. The van der Waals surface area contributed by atoms with E-state index >= 15 is 0 Å². The summed E-state index contributed by atoms with van der Waals surface area (Å²) in [5.74, 6) is 2.63. The molecule has 7 nitrogen and oxygen atoms in total. The number of piperidine rings is 1. The zero-order valence-electron chi connectivity index (χ0n) is 16.7. The van der Waals surface area contributed by atoms with Crippen LogP contribution < -0.4 is 15.1 Å². The number of urea groups is 1. The van der Waals surface area contributed by atoms with Crippen LogP contribution in [0.2, 0.25) is 5.02 Å². The van der Waals surface area contributed by atoms with Gasteiger partial charge in [-0.25, -0.2) is 4.79 Å². The highest BCUT2D eigenvalue weighted by atomic mass is 35.5. The average molecular weight is 415 g/mol. The highest BCUT2D eigenvalue weighted by molar-refractivity contribution is 6.30. The van der Waals surface area contributed by atoms with E-state index in [-0.39, 0.29) is 6.03 Å². The molecule has 2 saturated heterocycles. The molecule has 2 aromatic rings. The van der Waals surface area contributed by atoms with Crippen LogP contribution in [0.15, 0.2) is 36.4 Å². The minimum absolute atomic E-state index is 0.104. The minimum Gasteiger partial charge on any atom is -0.355 e. The number of carbonyl (C=O) groups is 1. The molecular weight excluding hydrogens is 388 g/mol. The Balaban J connectivity index is 1.29. The molecule has 29 heavy (non-hydrogen) atoms. The topological polar surface area (TPSA) is 64.6 Å². The molecule has 2 amide bonds. The van der Waals surface area contributed by atoms with Gasteiger partial charge in [-0.15, -0.1) is 10.2 Å². The summed E-state index contributed by atoms with van der Waals surface area (Å²) in [6.45, 7) is 7.16. The predicted molar refractivity (Wildman–Crippen MR) is 117 cm³/mol. The van der Waals surface area contributed by atoms with Crippen LogP contribution in [0.3, 0.4) is 0 Å². The smallest absolute Gasteiger partial charge is 0.321 e. The molecule has 0 bridgehead atoms. The fourth-order valence-electron chi connectivity index (χ4n) is 3.80. The number of halogens is 1. The van der Waals surface area contributed by atoms with Gasteiger partial charge in [0, 0.05) is 50.0 Å². The highest BCUT2D eigenvalue weighted by Gasteiger charge is 2.23. The molecule has 1 aromatic carbocycles. The average Bonchev–Trinajstić information content (AvgIpc) is 2.75. The summed E-state index contributed by atoms with van der Waals surface area (Å²) in [6, 6.07) is 11.2. The number of amides is 2. The second kappa shape index (κ2) is 8.86. The van der Waals surface area contributed by atoms with E-state index in [0.29, 0.717) is 23.8 Å². The third-order valence-corrected chi connectivity index (χ3v) is 5.95. The van der Waals surface area contributed by atoms with Crippen molar-refractivity contribution in [1.29, 1.82) is 0 Å². The second-order valence-corrected chi connectivity index (χ2v) is 8.27. The van der Waals surface area contributed by atoms with Crippen LogP contribution in [-0.2, 0) is 0 Å². The van der Waals surface area contributed by atoms with Crippen LogP contribution in [0.5, 0.6) is 0 Å². The van der Waals surface area contributed by atoms with Crippen LogP contribution in [-0.4, -0.2) is 60.4 Å². The number of nitrogens with zero attached hydrogens (tertiary/aromatic N) is 5. The molecule has 8 heteroatoms. The first-order valence-corrected chi connectivity index (χ1v) is 10.6. The molecule has 1 N–H and O–H groups in total. The maximum atomic E-state index is 12.5. The van der Waals surface area contributed by atoms with Crippen molar-refractivity contribution in [3.63, 3.8) is 0 Å². The normalized spacial score (nSPS) is 18.1. The first-order chi connectivity index (χ1) is 14.1. The summed E-state index contributed by atoms with van der Waals surface area (Å²) < 4.78 is 0. The van der Waals surface area contributed by atoms with Crippen LogP contribution in [0.1, 0.15) is 19.8 Å². The molecule has 0 radical (unpaired) electrons. The Bertz CT molecular complexity index is 829. The molecule has 3 heterocycles. The zero-order chi connectivity index (χ0) is 20.2. The summed E-state index contributed by atoms with van der Waals surface area (Å²) in [6.07, 6.45) is 2.42. The molecule has 1 aromatic heterocycles. The Morgan fingerprint density at radius 2 is 1.59 bits per heavy atom. The fourth-order valence-corrected chi connectivity index (χ4v) is 3.99. The lowest BCUT2D eigenvalue weighted by molar-refractivity contribution is 0.208. The van der Waals surface area contributed by atoms with Gasteiger partial charge in [0.25, 0.3) is 0 Å². The van der Waals surface area contributed by atoms with Crippen molar-refractivity contribution in [1.82, 2.24) is 15.1 Å². The van der Waals surface area contributed by atoms with Gasteiger partial charge in [0.2, 0.25) is 0 Å². The third kappa shape index (κ3) is 4.90. The number of anilines is 3. The fraction of sp³-hybridized carbons (Fsp3) is 0.476. The predicted octanol–water partition coefficient (Wildman–Crippen LogP) is 3.72. The van der Waals surface area contributed by atoms with Gasteiger partial charge in [0.15, 0.2) is 11.6 Å². The van der Waals surface area contributed by atoms with Crippen LogP contribution in [0, 0.1) is 5.92 Å². The molecule has 0 atom stereocenters. The number of rotatable bonds is 3. The van der Waals surface area contributed by atoms with E-state index in [1.54, 1.807) is 12.1 Å². The molecule has 0 spiro atoms. The number of benzene rings is 1. The molecule has 0 unspecified atom stereocenters. The van der Waals surface area contributed by atoms with Crippen molar-refractivity contribution in [2.75, 3.05) is 54.4 Å². The van der Waals surface area contributed by atoms with Crippen molar-refractivity contribution in [2.24, 2.45) is 5.92 Å². The van der Waals surface area contributed by atoms with Crippen molar-refractivity contribution in [3.05, 3.63) is 41.4 Å². The van der Waals surface area contributed by atoms with Crippen LogP contribution >= 0.6 is 11.6 Å². The largest absolute Gasteiger partial charge is 0.355 e. The summed E-state index contributed by atoms with van der Waals surface area (Å²) in [5.41, 5.74) is 0.707. The highest BCUT2D eigenvalue weighted by Crippen LogP contribution is 2.22. The van der Waals surface area contributed by atoms with Gasteiger partial charge < -0.3 is 20.0 Å². The van der Waals surface area contributed by atoms with Crippen molar-refractivity contribution in [3.8, 4) is 0 Å². The van der Waals surface area contributed by atoms with Gasteiger partial charge in [0.1, 0.15) is 0 Å². The van der Waals surface area contributed by atoms with Crippen LogP contribution in [0.4, 0.5) is 22.1 Å². The van der Waals surface area contributed by atoms with E-state index in [9.17, 15) is 4.79 Å². The van der Waals surface area contributed by atoms with Gasteiger partial charge in [-0.05, 0) is 49.1 Å². The van der Waals surface area contributed by atoms with Crippen molar-refractivity contribution < 1.29 is 4.79 Å². The first kappa shape index (κ1) is 19.8. The Hall–Kier alpha value is -2.54. The summed E-state index contributed by atoms with van der Waals surface area (Å²) >= 11 is 5.98. The Labute approximate surface area is 176 Å². The molecule has 2 aliphatic heterocycles. The maximum Gasteiger partial charge on any atom is 0.321 e. The van der Waals surface area contributed by atoms with Gasteiger partial charge in [-0.1, -0.05) is 24.6 Å². The zero-order valence-corrected chi connectivity index (χ0v) is 17.5. The number of piperazine rings is 1. The minimum atomic E-state index is -0.104. The lowest BCUT2D eigenvalue weighted by Crippen LogP contribution is -2.50. The van der Waals surface area contributed by atoms with Crippen LogP contribution in [0.25, 0.3) is 0 Å². The third-order valence-electron chi connectivity index (χ3n) is 5.71. The van der Waals surface area contributed by atoms with E-state index in [2.05, 4.69) is 38.3 Å². The van der Waals surface area contributed by atoms with Gasteiger partial charge >= 0.3 is 6.03 Å². The van der Waals surface area contributed by atoms with Crippen molar-refractivity contribution in [2.45, 2.75) is 19.8 Å². The molecule has 154 valence electrons. The molecule has 2 fully saturated rings. The monoisotopic (exact) mass is 414 g/mol. The first-order valence-electron chi connectivity index (χ1n) is 10.2. The summed E-state index contributed by atoms with van der Waals surface area (Å²) in [4.78, 5) is 18.8. The van der Waals surface area contributed by atoms with Crippen molar-refractivity contribution >= 4 is 35.0 Å². The number of hydrogen-bond donors (Lipinski definition) is 1. The summed E-state index contributed by atoms with van der Waals surface area (Å²) in [5, 5.41) is 12.4. The molecule has 4 rings (SSSR count). The van der Waals surface area contributed by atoms with E-state index in [4.69, 9.17) is 11.6 Å². The number of aromatic nitrogens is 2. The quantitative estimate of drug-likeness (QED) is 0.829. The molecular formula is C21H27ClN6O. The second-order valence-electron chi connectivity index (χ2n) is 7.83. The number of hydrogen-bond acceptors (Lipinski definition) is 5. The van der Waals surface area contributed by atoms with E-state index in [1.165, 1.54) is 12.8 Å². The molecule has 0 aliphatic carbocycles. The Kier molecular flexibility index (Phi) is 6.04.